The fourth-order valence-corrected chi connectivity index (χ4v) is 6.93. The molecular formula is C42H63N2O11+. The molecule has 13 nitrogen and oxygen atoms in total. The Balaban J connectivity index is 0.000000441. The maximum absolute atomic E-state index is 12.7. The van der Waals surface area contributed by atoms with Crippen molar-refractivity contribution >= 4 is 23.1 Å². The number of ketones is 3. The zero-order valence-corrected chi connectivity index (χ0v) is 29.6. The zero-order chi connectivity index (χ0) is 36.3. The topological polar surface area (TPSA) is 153 Å². The first-order valence-electron chi connectivity index (χ1n) is 17.4. The van der Waals surface area contributed by atoms with Crippen LogP contribution in [0.4, 0.5) is 0 Å². The van der Waals surface area contributed by atoms with Gasteiger partial charge in [0.25, 0.3) is 0 Å². The number of nitrogens with zero attached hydrogens (tertiary/aromatic N) is 2. The number of Topliss-reactive ketones (excluding diaryl/α,β-unsaturated/α-hetero) is 3. The molecule has 3 atom stereocenters. The van der Waals surface area contributed by atoms with E-state index >= 15 is 0 Å². The monoisotopic (exact) mass is 771 g/mol. The number of carbonyl (C=O) groups excluding carboxylic acids is 3. The fraction of sp³-hybridized carbons (Fsp3) is 0.595. The molecule has 2 aromatic rings. The average Bonchev–Trinajstić information content (AvgIpc) is 3.56. The van der Waals surface area contributed by atoms with Gasteiger partial charge in [0, 0.05) is 30.4 Å². The number of benzene rings is 2. The van der Waals surface area contributed by atoms with Crippen molar-refractivity contribution in [3.05, 3.63) is 63.7 Å². The first-order chi connectivity index (χ1) is 24.7. The number of carbonyl (C=O) groups is 3. The normalized spacial score (nSPS) is 22.2. The van der Waals surface area contributed by atoms with Crippen LogP contribution in [0.5, 0.6) is 11.5 Å². The van der Waals surface area contributed by atoms with Crippen LogP contribution in [0.25, 0.3) is 5.01 Å². The Labute approximate surface area is 327 Å². The van der Waals surface area contributed by atoms with E-state index in [0.29, 0.717) is 80.3 Å². The van der Waals surface area contributed by atoms with Gasteiger partial charge in [-0.1, -0.05) is 73.0 Å². The Morgan fingerprint density at radius 3 is 1.80 bits per heavy atom. The number of rotatable bonds is 5. The van der Waals surface area contributed by atoms with Crippen LogP contribution in [-0.4, -0.2) is 75.0 Å². The predicted molar refractivity (Wildman–Crippen MR) is 211 cm³/mol. The molecule has 0 radical (unpaired) electrons. The van der Waals surface area contributed by atoms with Crippen molar-refractivity contribution in [1.82, 2.24) is 0 Å². The molecule has 2 saturated heterocycles. The Hall–Kier alpha value is -4.35. The van der Waals surface area contributed by atoms with Crippen LogP contribution in [-0.2, 0) is 38.2 Å². The van der Waals surface area contributed by atoms with Crippen LogP contribution >= 0.6 is 0 Å². The van der Waals surface area contributed by atoms with Crippen LogP contribution in [0.15, 0.2) is 41.6 Å². The minimum absolute atomic E-state index is 0. The van der Waals surface area contributed by atoms with Crippen LogP contribution < -0.4 is 9.47 Å². The van der Waals surface area contributed by atoms with Gasteiger partial charge in [-0.25, -0.2) is 0 Å². The van der Waals surface area contributed by atoms with Gasteiger partial charge < -0.3 is 33.3 Å². The number of ether oxygens (including phenoxy) is 6. The van der Waals surface area contributed by atoms with Crippen LogP contribution in [0.3, 0.4) is 0 Å². The molecule has 55 heavy (non-hydrogen) atoms. The average molecular weight is 772 g/mol. The molecule has 3 unspecified atom stereocenters. The summed E-state index contributed by atoms with van der Waals surface area (Å²) in [6, 6.07) is 13.6. The highest BCUT2D eigenvalue weighted by Gasteiger charge is 2.46. The Bertz CT molecular complexity index is 1620. The van der Waals surface area contributed by atoms with Crippen molar-refractivity contribution in [3.8, 4) is 17.6 Å². The van der Waals surface area contributed by atoms with Crippen molar-refractivity contribution in [1.29, 1.82) is 0 Å². The van der Waals surface area contributed by atoms with Gasteiger partial charge in [0.15, 0.2) is 18.1 Å². The van der Waals surface area contributed by atoms with Gasteiger partial charge in [-0.05, 0) is 43.2 Å². The second kappa shape index (κ2) is 23.5. The quantitative estimate of drug-likeness (QED) is 0.230. The summed E-state index contributed by atoms with van der Waals surface area (Å²) in [5.41, 5.74) is 3.55. The standard InChI is InChI=1S/C19H23NO5.C12H13NO4.C7H10O2.4CH4/c1-11-9-13(21)17-15(10-11)25-20-18(17)16-12(5-3-6-14(16)22-2)19-23-7-4-8-24-19;1-15-11-5-2-4-9(10(11)8-13-14)12-16-6-3-7-17-12;1-5-2-6(8)4-7(9)3-5;;;;/h3,5-6,11,15,17,19H,4,7-10H2,1-2H3;2,4-5,12H,3,6-7H2,1H3;5H,2-4H2,1H3;4*1H4/p+1. The molecule has 4 fully saturated rings. The number of oxime groups is 1. The van der Waals surface area contributed by atoms with E-state index < -0.39 is 12.6 Å². The van der Waals surface area contributed by atoms with Crippen molar-refractivity contribution in [2.75, 3.05) is 40.6 Å². The van der Waals surface area contributed by atoms with Crippen molar-refractivity contribution < 1.29 is 52.8 Å². The summed E-state index contributed by atoms with van der Waals surface area (Å²) in [7, 11) is 3.16. The molecule has 2 aliphatic carbocycles. The maximum Gasteiger partial charge on any atom is 0.392 e. The molecule has 1 N–H and O–H groups in total. The Morgan fingerprint density at radius 1 is 0.745 bits per heavy atom. The number of fused-ring (bicyclic) bond motifs is 1. The summed E-state index contributed by atoms with van der Waals surface area (Å²) in [5.74, 6) is 1.90. The van der Waals surface area contributed by atoms with E-state index in [4.69, 9.17) is 38.5 Å². The predicted octanol–water partition coefficient (Wildman–Crippen LogP) is 8.54. The first-order valence-corrected chi connectivity index (χ1v) is 17.4. The van der Waals surface area contributed by atoms with Crippen molar-refractivity contribution in [2.45, 2.75) is 107 Å². The van der Waals surface area contributed by atoms with E-state index in [-0.39, 0.29) is 65.5 Å². The smallest absolute Gasteiger partial charge is 0.392 e. The molecule has 306 valence electrons. The molecule has 3 aliphatic heterocycles. The fourth-order valence-electron chi connectivity index (χ4n) is 6.93. The van der Waals surface area contributed by atoms with E-state index in [1.54, 1.807) is 20.3 Å². The van der Waals surface area contributed by atoms with Gasteiger partial charge in [0.2, 0.25) is 5.01 Å². The van der Waals surface area contributed by atoms with Crippen molar-refractivity contribution in [3.63, 3.8) is 0 Å². The third-order valence-corrected chi connectivity index (χ3v) is 9.17. The van der Waals surface area contributed by atoms with Gasteiger partial charge >= 0.3 is 6.07 Å². The summed E-state index contributed by atoms with van der Waals surface area (Å²) in [6.45, 7) is 6.61. The molecular weight excluding hydrogens is 708 g/mol. The van der Waals surface area contributed by atoms with Gasteiger partial charge in [-0.15, -0.1) is 0 Å². The summed E-state index contributed by atoms with van der Waals surface area (Å²) >= 11 is 0. The lowest BCUT2D eigenvalue weighted by molar-refractivity contribution is -0.183. The molecule has 7 rings (SSSR count). The lowest BCUT2D eigenvalue weighted by atomic mass is 9.75. The zero-order valence-electron chi connectivity index (χ0n) is 29.6. The molecule has 13 heteroatoms. The molecule has 3 heterocycles. The molecule has 0 bridgehead atoms. The SMILES string of the molecule is C.C.C.C.CC1CC(=O)CC(=O)C1.COc1cccc(C2OCCCO2)c1C#[N+]O.COc1cccc(C2OCCCO2)c1C1=NOC2CC(C)CC(=O)C12. The van der Waals surface area contributed by atoms with Gasteiger partial charge in [0.1, 0.15) is 46.6 Å². The largest absolute Gasteiger partial charge is 0.496 e. The highest BCUT2D eigenvalue weighted by Crippen LogP contribution is 2.40. The Kier molecular flexibility index (Phi) is 20.8. The summed E-state index contributed by atoms with van der Waals surface area (Å²) in [4.78, 5) is 39.7. The Morgan fingerprint density at radius 2 is 1.27 bits per heavy atom. The molecule has 0 aromatic heterocycles. The van der Waals surface area contributed by atoms with Gasteiger partial charge in [-0.3, -0.25) is 14.4 Å². The van der Waals surface area contributed by atoms with E-state index in [1.807, 2.05) is 37.3 Å². The molecule has 2 saturated carbocycles. The minimum Gasteiger partial charge on any atom is -0.496 e. The van der Waals surface area contributed by atoms with Crippen LogP contribution in [0.1, 0.15) is 123 Å². The van der Waals surface area contributed by atoms with Crippen LogP contribution in [0.2, 0.25) is 0 Å². The molecule has 0 spiro atoms. The van der Waals surface area contributed by atoms with Crippen molar-refractivity contribution in [2.24, 2.45) is 22.9 Å². The van der Waals surface area contributed by atoms with E-state index in [1.165, 1.54) is 0 Å². The van der Waals surface area contributed by atoms with Gasteiger partial charge in [-0.2, -0.15) is 5.21 Å². The number of methoxy groups -OCH3 is 2. The highest BCUT2D eigenvalue weighted by atomic mass is 16.7. The van der Waals surface area contributed by atoms with E-state index in [0.717, 1.165) is 36.0 Å². The molecule has 0 amide bonds. The summed E-state index contributed by atoms with van der Waals surface area (Å²) in [6.07, 6.45) is 3.43. The minimum atomic E-state index is -0.474. The lowest BCUT2D eigenvalue weighted by Crippen LogP contribution is -2.39. The maximum atomic E-state index is 12.7. The third-order valence-electron chi connectivity index (χ3n) is 9.17. The summed E-state index contributed by atoms with van der Waals surface area (Å²) in [5, 5.41) is 15.9. The third kappa shape index (κ3) is 12.3. The second-order valence-electron chi connectivity index (χ2n) is 13.3. The number of hydrogen-bond acceptors (Lipinski definition) is 12. The van der Waals surface area contributed by atoms with E-state index in [9.17, 15) is 14.4 Å². The highest BCUT2D eigenvalue weighted by molar-refractivity contribution is 6.17. The number of hydrogen-bond donors (Lipinski definition) is 1. The summed E-state index contributed by atoms with van der Waals surface area (Å²) < 4.78 is 33.3. The first kappa shape index (κ1) is 48.7. The van der Waals surface area contributed by atoms with Gasteiger partial charge in [0.05, 0.1) is 52.6 Å². The second-order valence-corrected chi connectivity index (χ2v) is 13.3. The molecule has 5 aliphatic rings. The molecule has 2 aromatic carbocycles. The van der Waals surface area contributed by atoms with Crippen LogP contribution in [0, 0.1) is 23.8 Å². The van der Waals surface area contributed by atoms with E-state index in [2.05, 4.69) is 23.2 Å². The lowest BCUT2D eigenvalue weighted by Gasteiger charge is -2.29.